The number of nitrogens with zero attached hydrogens (tertiary/aromatic N) is 8. The van der Waals surface area contributed by atoms with Gasteiger partial charge >= 0.3 is 0 Å². The van der Waals surface area contributed by atoms with Crippen LogP contribution in [0.3, 0.4) is 0 Å². The average Bonchev–Trinajstić information content (AvgIpc) is 3.75. The van der Waals surface area contributed by atoms with Crippen molar-refractivity contribution >= 4 is 16.3 Å². The largest absolute Gasteiger partial charge is 0.473 e. The second-order valence-electron chi connectivity index (χ2n) is 11.1. The summed E-state index contributed by atoms with van der Waals surface area (Å²) in [5.74, 6) is 1.94. The number of nitrogens with two attached hydrogens (primary N) is 1. The molecule has 206 valence electrons. The Hall–Kier alpha value is -3.82. The topological polar surface area (TPSA) is 145 Å². The molecule has 1 spiro atoms. The van der Waals surface area contributed by atoms with Gasteiger partial charge in [-0.3, -0.25) is 4.90 Å². The van der Waals surface area contributed by atoms with E-state index in [1.807, 2.05) is 0 Å². The van der Waals surface area contributed by atoms with E-state index >= 15 is 0 Å². The Balaban J connectivity index is 1.33. The summed E-state index contributed by atoms with van der Waals surface area (Å²) in [4.78, 5) is 13.2. The highest BCUT2D eigenvalue weighted by Gasteiger charge is 2.48. The molecule has 0 radical (unpaired) electrons. The normalized spacial score (nSPS) is 23.1. The molecule has 0 amide bonds. The highest BCUT2D eigenvalue weighted by molar-refractivity contribution is 7.16. The van der Waals surface area contributed by atoms with Crippen LogP contribution in [0, 0.1) is 11.3 Å². The summed E-state index contributed by atoms with van der Waals surface area (Å²) < 4.78 is 14.1. The molecule has 2 aliphatic carbocycles. The molecule has 11 nitrogen and oxygen atoms in total. The van der Waals surface area contributed by atoms with Gasteiger partial charge in [0.1, 0.15) is 17.2 Å². The zero-order chi connectivity index (χ0) is 27.4. The van der Waals surface area contributed by atoms with E-state index in [4.69, 9.17) is 25.0 Å². The molecule has 40 heavy (non-hydrogen) atoms. The van der Waals surface area contributed by atoms with Crippen LogP contribution in [0.25, 0.3) is 17.4 Å². The predicted molar refractivity (Wildman–Crippen MR) is 148 cm³/mol. The SMILES string of the molecule is C[C@H](Oc1cc(-n2ccnn2)nc(-c2onc3c2CCC[C@@]32CCCc3sc(N)c(C#N)c32)n1)[C@@H]1CCCN1C. The van der Waals surface area contributed by atoms with Gasteiger partial charge in [-0.15, -0.1) is 16.4 Å². The van der Waals surface area contributed by atoms with E-state index < -0.39 is 0 Å². The predicted octanol–water partition coefficient (Wildman–Crippen LogP) is 4.05. The number of thiophene rings is 1. The monoisotopic (exact) mass is 557 g/mol. The lowest BCUT2D eigenvalue weighted by molar-refractivity contribution is 0.117. The van der Waals surface area contributed by atoms with Crippen molar-refractivity contribution in [2.45, 2.75) is 75.9 Å². The fraction of sp³-hybridized carbons (Fsp3) is 0.500. The van der Waals surface area contributed by atoms with Gasteiger partial charge in [0, 0.05) is 28.0 Å². The van der Waals surface area contributed by atoms with Crippen molar-refractivity contribution in [1.29, 1.82) is 5.26 Å². The maximum atomic E-state index is 10.0. The number of ether oxygens (including phenoxy) is 1. The van der Waals surface area contributed by atoms with E-state index in [1.54, 1.807) is 34.5 Å². The second-order valence-corrected chi connectivity index (χ2v) is 12.3. The summed E-state index contributed by atoms with van der Waals surface area (Å²) in [7, 11) is 2.13. The van der Waals surface area contributed by atoms with E-state index in [9.17, 15) is 5.26 Å². The molecule has 0 saturated carbocycles. The number of likely N-dealkylation sites (tertiary alicyclic amines) is 1. The van der Waals surface area contributed by atoms with Gasteiger partial charge in [-0.2, -0.15) is 10.2 Å². The number of fused-ring (bicyclic) bond motifs is 4. The molecule has 0 aromatic carbocycles. The van der Waals surface area contributed by atoms with Crippen molar-refractivity contribution in [3.63, 3.8) is 0 Å². The van der Waals surface area contributed by atoms with Crippen LogP contribution in [0.2, 0.25) is 0 Å². The standard InChI is InChI=1S/C28H31N9O2S/c1-16(19-7-5-12-36(19)2)38-22-14-21(37-13-11-31-35-37)32-27(33-22)24-17-6-3-9-28(25(17)34-39-24)10-4-8-20-23(28)18(15-29)26(30)40-20/h11,13-14,16,19H,3-10,12,30H2,1-2H3/t16-,19-,28-/m0/s1. The van der Waals surface area contributed by atoms with Crippen molar-refractivity contribution in [1.82, 2.24) is 35.0 Å². The number of rotatable bonds is 5. The molecule has 3 atom stereocenters. The van der Waals surface area contributed by atoms with Gasteiger partial charge < -0.3 is 15.0 Å². The first-order valence-electron chi connectivity index (χ1n) is 13.9. The number of aromatic nitrogens is 6. The van der Waals surface area contributed by atoms with Gasteiger partial charge in [-0.25, -0.2) is 9.67 Å². The zero-order valence-electron chi connectivity index (χ0n) is 22.6. The molecule has 7 rings (SSSR count). The molecular formula is C28H31N9O2S. The summed E-state index contributed by atoms with van der Waals surface area (Å²) >= 11 is 1.54. The van der Waals surface area contributed by atoms with E-state index in [0.717, 1.165) is 74.7 Å². The van der Waals surface area contributed by atoms with Crippen molar-refractivity contribution in [2.24, 2.45) is 0 Å². The number of hydrogen-bond donors (Lipinski definition) is 1. The van der Waals surface area contributed by atoms with Crippen LogP contribution in [0.5, 0.6) is 5.88 Å². The number of nitriles is 1. The molecule has 1 aliphatic heterocycles. The lowest BCUT2D eigenvalue weighted by atomic mass is 9.62. The Morgan fingerprint density at radius 3 is 2.85 bits per heavy atom. The molecule has 0 unspecified atom stereocenters. The summed E-state index contributed by atoms with van der Waals surface area (Å²) in [6, 6.07) is 4.49. The summed E-state index contributed by atoms with van der Waals surface area (Å²) in [6.07, 6.45) is 11.0. The minimum Gasteiger partial charge on any atom is -0.473 e. The maximum Gasteiger partial charge on any atom is 0.219 e. The number of aryl methyl sites for hydroxylation is 1. The molecule has 1 saturated heterocycles. The molecule has 5 heterocycles. The Morgan fingerprint density at radius 1 is 1.25 bits per heavy atom. The van der Waals surface area contributed by atoms with Crippen molar-refractivity contribution in [3.05, 3.63) is 45.7 Å². The number of likely N-dealkylation sites (N-methyl/N-ethyl adjacent to an activating group) is 1. The van der Waals surface area contributed by atoms with Crippen LogP contribution in [0.4, 0.5) is 5.00 Å². The fourth-order valence-electron chi connectivity index (χ4n) is 7.05. The number of nitrogen functional groups attached to an aromatic ring is 1. The van der Waals surface area contributed by atoms with E-state index in [0.29, 0.717) is 39.9 Å². The molecule has 4 aromatic rings. The second kappa shape index (κ2) is 9.67. The maximum absolute atomic E-state index is 10.0. The zero-order valence-corrected chi connectivity index (χ0v) is 23.4. The van der Waals surface area contributed by atoms with Gasteiger partial charge in [-0.1, -0.05) is 10.4 Å². The van der Waals surface area contributed by atoms with Crippen LogP contribution in [0.1, 0.15) is 72.7 Å². The molecule has 3 aliphatic rings. The lowest BCUT2D eigenvalue weighted by Crippen LogP contribution is -2.38. The van der Waals surface area contributed by atoms with Crippen LogP contribution < -0.4 is 10.5 Å². The van der Waals surface area contributed by atoms with Crippen LogP contribution >= 0.6 is 11.3 Å². The average molecular weight is 558 g/mol. The van der Waals surface area contributed by atoms with E-state index in [1.165, 1.54) is 4.88 Å². The van der Waals surface area contributed by atoms with Gasteiger partial charge in [0.05, 0.1) is 23.7 Å². The summed E-state index contributed by atoms with van der Waals surface area (Å²) in [5.41, 5.74) is 9.48. The first-order chi connectivity index (χ1) is 19.5. The lowest BCUT2D eigenvalue weighted by Gasteiger charge is -2.39. The molecule has 0 bridgehead atoms. The number of anilines is 1. The highest BCUT2D eigenvalue weighted by atomic mass is 32.1. The van der Waals surface area contributed by atoms with Gasteiger partial charge in [0.2, 0.25) is 17.5 Å². The fourth-order valence-corrected chi connectivity index (χ4v) is 8.21. The van der Waals surface area contributed by atoms with Crippen LogP contribution in [0.15, 0.2) is 23.0 Å². The third-order valence-electron chi connectivity index (χ3n) is 8.85. The Bertz CT molecular complexity index is 1600. The summed E-state index contributed by atoms with van der Waals surface area (Å²) in [6.45, 7) is 3.15. The molecular weight excluding hydrogens is 526 g/mol. The third-order valence-corrected chi connectivity index (χ3v) is 9.93. The van der Waals surface area contributed by atoms with Gasteiger partial charge in [0.25, 0.3) is 0 Å². The quantitative estimate of drug-likeness (QED) is 0.381. The Labute approximate surface area is 236 Å². The number of hydrogen-bond acceptors (Lipinski definition) is 11. The minimum absolute atomic E-state index is 0.0557. The smallest absolute Gasteiger partial charge is 0.219 e. The van der Waals surface area contributed by atoms with Crippen molar-refractivity contribution in [2.75, 3.05) is 19.3 Å². The van der Waals surface area contributed by atoms with Crippen LogP contribution in [-0.2, 0) is 18.3 Å². The minimum atomic E-state index is -0.382. The molecule has 2 N–H and O–H groups in total. The summed E-state index contributed by atoms with van der Waals surface area (Å²) in [5, 5.41) is 23.4. The van der Waals surface area contributed by atoms with E-state index in [2.05, 4.69) is 40.4 Å². The Morgan fingerprint density at radius 2 is 2.10 bits per heavy atom. The molecule has 12 heteroatoms. The van der Waals surface area contributed by atoms with E-state index in [-0.39, 0.29) is 11.5 Å². The van der Waals surface area contributed by atoms with Crippen molar-refractivity contribution < 1.29 is 9.26 Å². The molecule has 1 fully saturated rings. The highest BCUT2D eigenvalue weighted by Crippen LogP contribution is 2.54. The first kappa shape index (κ1) is 25.2. The van der Waals surface area contributed by atoms with Gasteiger partial charge in [0.15, 0.2) is 5.82 Å². The van der Waals surface area contributed by atoms with Crippen molar-refractivity contribution in [3.8, 4) is 29.4 Å². The van der Waals surface area contributed by atoms with Gasteiger partial charge in [-0.05, 0) is 77.4 Å². The first-order valence-corrected chi connectivity index (χ1v) is 14.7. The Kier molecular flexibility index (Phi) is 6.09. The van der Waals surface area contributed by atoms with Crippen LogP contribution in [-0.4, -0.2) is 60.8 Å². The third kappa shape index (κ3) is 3.90. The molecule has 4 aromatic heterocycles.